The second-order valence-corrected chi connectivity index (χ2v) is 12.1. The van der Waals surface area contributed by atoms with Gasteiger partial charge in [-0.3, -0.25) is 0 Å². The molecule has 0 radical (unpaired) electrons. The topological polar surface area (TPSA) is 40.5 Å². The predicted molar refractivity (Wildman–Crippen MR) is 120 cm³/mol. The maximum atomic E-state index is 10.2. The number of hydrogen-bond donors (Lipinski definition) is 2. The van der Waals surface area contributed by atoms with E-state index in [1.807, 2.05) is 0 Å². The average molecular weight is 403 g/mol. The lowest BCUT2D eigenvalue weighted by Crippen LogP contribution is -2.50. The van der Waals surface area contributed by atoms with Gasteiger partial charge in [-0.05, 0) is 104 Å². The first-order valence-corrected chi connectivity index (χ1v) is 12.8. The molecule has 4 aliphatic carbocycles. The van der Waals surface area contributed by atoms with E-state index in [1.54, 1.807) is 5.57 Å². The van der Waals surface area contributed by atoms with Crippen molar-refractivity contribution in [2.75, 3.05) is 6.61 Å². The third-order valence-corrected chi connectivity index (χ3v) is 10.5. The Labute approximate surface area is 179 Å². The molecular weight excluding hydrogens is 356 g/mol. The zero-order valence-electron chi connectivity index (χ0n) is 19.5. The summed E-state index contributed by atoms with van der Waals surface area (Å²) in [4.78, 5) is 0. The van der Waals surface area contributed by atoms with Crippen LogP contribution in [-0.2, 0) is 0 Å². The zero-order valence-corrected chi connectivity index (χ0v) is 19.5. The highest BCUT2D eigenvalue weighted by atomic mass is 16.3. The number of rotatable bonds is 6. The number of hydrogen-bond acceptors (Lipinski definition) is 2. The van der Waals surface area contributed by atoms with Gasteiger partial charge in [0.2, 0.25) is 0 Å². The van der Waals surface area contributed by atoms with Crippen LogP contribution in [0.4, 0.5) is 0 Å². The van der Waals surface area contributed by atoms with Crippen LogP contribution in [0.25, 0.3) is 0 Å². The summed E-state index contributed by atoms with van der Waals surface area (Å²) >= 11 is 0. The van der Waals surface area contributed by atoms with E-state index in [4.69, 9.17) is 0 Å². The molecule has 0 amide bonds. The van der Waals surface area contributed by atoms with Gasteiger partial charge in [-0.2, -0.15) is 0 Å². The van der Waals surface area contributed by atoms with Crippen molar-refractivity contribution < 1.29 is 10.2 Å². The normalized spacial score (nSPS) is 46.3. The molecule has 0 aliphatic heterocycles. The number of allylic oxidation sites excluding steroid dienone is 1. The van der Waals surface area contributed by atoms with E-state index in [1.165, 1.54) is 57.8 Å². The van der Waals surface area contributed by atoms with Gasteiger partial charge >= 0.3 is 0 Å². The molecule has 4 unspecified atom stereocenters. The molecule has 0 heterocycles. The molecule has 3 saturated carbocycles. The Hall–Kier alpha value is -0.340. The van der Waals surface area contributed by atoms with E-state index < -0.39 is 0 Å². The number of fused-ring (bicyclic) bond motifs is 5. The summed E-state index contributed by atoms with van der Waals surface area (Å²) in [6.45, 7) is 10.2. The summed E-state index contributed by atoms with van der Waals surface area (Å²) < 4.78 is 0. The Kier molecular flexibility index (Phi) is 6.26. The van der Waals surface area contributed by atoms with Crippen molar-refractivity contribution in [2.24, 2.45) is 46.3 Å². The third-order valence-electron chi connectivity index (χ3n) is 10.5. The predicted octanol–water partition coefficient (Wildman–Crippen LogP) is 6.36. The molecule has 0 aromatic rings. The van der Waals surface area contributed by atoms with Crippen LogP contribution in [0.2, 0.25) is 0 Å². The fourth-order valence-corrected chi connectivity index (χ4v) is 8.70. The van der Waals surface area contributed by atoms with Crippen LogP contribution in [-0.4, -0.2) is 22.9 Å². The standard InChI is InChI=1S/C27H46O2/c1-18(17-28)6-5-7-19(2)23-10-11-24-22-9-8-20-16-21(29)12-14-26(20,3)25(22)13-15-27(23,24)4/h8,18-19,21-25,28-29H,5-7,9-17H2,1-4H3/t18?,19-,21+,22?,23-,24?,25?,26+,27-/m1/s1. The lowest BCUT2D eigenvalue weighted by molar-refractivity contribution is -0.0573. The minimum absolute atomic E-state index is 0.0926. The SMILES string of the molecule is CC(CO)CCC[C@@H](C)[C@H]1CCC2C3CC=C4C[C@@H](O)CC[C@]4(C)C3CC[C@@]21C. The van der Waals surface area contributed by atoms with Crippen molar-refractivity contribution in [3.05, 3.63) is 11.6 Å². The zero-order chi connectivity index (χ0) is 20.8. The van der Waals surface area contributed by atoms with Crippen molar-refractivity contribution >= 4 is 0 Å². The Balaban J connectivity index is 1.46. The fourth-order valence-electron chi connectivity index (χ4n) is 8.70. The summed E-state index contributed by atoms with van der Waals surface area (Å²) in [6.07, 6.45) is 16.4. The molecular formula is C27H46O2. The fraction of sp³-hybridized carbons (Fsp3) is 0.926. The van der Waals surface area contributed by atoms with Crippen molar-refractivity contribution in [3.8, 4) is 0 Å². The van der Waals surface area contributed by atoms with E-state index in [9.17, 15) is 10.2 Å². The molecule has 3 fully saturated rings. The first-order valence-electron chi connectivity index (χ1n) is 12.8. The van der Waals surface area contributed by atoms with Crippen LogP contribution >= 0.6 is 0 Å². The molecule has 2 heteroatoms. The summed E-state index contributed by atoms with van der Waals surface area (Å²) in [6, 6.07) is 0. The summed E-state index contributed by atoms with van der Waals surface area (Å²) in [5.41, 5.74) is 2.51. The molecule has 2 N–H and O–H groups in total. The lowest BCUT2D eigenvalue weighted by atomic mass is 9.47. The number of aliphatic hydroxyl groups is 2. The highest BCUT2D eigenvalue weighted by Crippen LogP contribution is 2.67. The van der Waals surface area contributed by atoms with E-state index in [0.29, 0.717) is 23.4 Å². The lowest BCUT2D eigenvalue weighted by Gasteiger charge is -2.58. The largest absolute Gasteiger partial charge is 0.396 e. The van der Waals surface area contributed by atoms with Crippen molar-refractivity contribution in [3.63, 3.8) is 0 Å². The number of aliphatic hydroxyl groups excluding tert-OH is 2. The van der Waals surface area contributed by atoms with Crippen LogP contribution in [0, 0.1) is 46.3 Å². The van der Waals surface area contributed by atoms with Crippen molar-refractivity contribution in [2.45, 2.75) is 104 Å². The van der Waals surface area contributed by atoms with Crippen LogP contribution in [0.5, 0.6) is 0 Å². The van der Waals surface area contributed by atoms with Gasteiger partial charge in [0.1, 0.15) is 0 Å². The first-order chi connectivity index (χ1) is 13.8. The first kappa shape index (κ1) is 21.9. The quantitative estimate of drug-likeness (QED) is 0.507. The van der Waals surface area contributed by atoms with Gasteiger partial charge in [0.05, 0.1) is 6.10 Å². The van der Waals surface area contributed by atoms with E-state index in [2.05, 4.69) is 33.8 Å². The molecule has 9 atom stereocenters. The minimum Gasteiger partial charge on any atom is -0.396 e. The van der Waals surface area contributed by atoms with Crippen molar-refractivity contribution in [1.82, 2.24) is 0 Å². The van der Waals surface area contributed by atoms with E-state index in [-0.39, 0.29) is 6.10 Å². The Morgan fingerprint density at radius 1 is 1.03 bits per heavy atom. The summed E-state index contributed by atoms with van der Waals surface area (Å²) in [5.74, 6) is 4.82. The van der Waals surface area contributed by atoms with Crippen LogP contribution < -0.4 is 0 Å². The Bertz CT molecular complexity index is 612. The van der Waals surface area contributed by atoms with E-state index in [0.717, 1.165) is 42.4 Å². The van der Waals surface area contributed by atoms with Crippen LogP contribution in [0.1, 0.15) is 98.3 Å². The van der Waals surface area contributed by atoms with E-state index >= 15 is 0 Å². The van der Waals surface area contributed by atoms with Gasteiger partial charge in [0, 0.05) is 6.61 Å². The van der Waals surface area contributed by atoms with Gasteiger partial charge in [-0.1, -0.05) is 52.2 Å². The van der Waals surface area contributed by atoms with Gasteiger partial charge in [-0.25, -0.2) is 0 Å². The molecule has 4 rings (SSSR count). The van der Waals surface area contributed by atoms with Crippen LogP contribution in [0.15, 0.2) is 11.6 Å². The van der Waals surface area contributed by atoms with Crippen LogP contribution in [0.3, 0.4) is 0 Å². The van der Waals surface area contributed by atoms with Gasteiger partial charge in [0.15, 0.2) is 0 Å². The molecule has 0 aromatic carbocycles. The molecule has 2 nitrogen and oxygen atoms in total. The van der Waals surface area contributed by atoms with Crippen molar-refractivity contribution in [1.29, 1.82) is 0 Å². The van der Waals surface area contributed by atoms with Gasteiger partial charge < -0.3 is 10.2 Å². The average Bonchev–Trinajstić information content (AvgIpc) is 3.05. The highest BCUT2D eigenvalue weighted by Gasteiger charge is 2.59. The molecule has 0 spiro atoms. The second kappa shape index (κ2) is 8.30. The summed E-state index contributed by atoms with van der Waals surface area (Å²) in [5, 5.41) is 19.5. The highest BCUT2D eigenvalue weighted by molar-refractivity contribution is 5.25. The second-order valence-electron chi connectivity index (χ2n) is 12.1. The Morgan fingerprint density at radius 2 is 1.83 bits per heavy atom. The Morgan fingerprint density at radius 3 is 2.59 bits per heavy atom. The molecule has 166 valence electrons. The molecule has 0 saturated heterocycles. The smallest absolute Gasteiger partial charge is 0.0577 e. The molecule has 4 aliphatic rings. The minimum atomic E-state index is -0.0926. The van der Waals surface area contributed by atoms with Gasteiger partial charge in [-0.15, -0.1) is 0 Å². The third kappa shape index (κ3) is 3.75. The molecule has 29 heavy (non-hydrogen) atoms. The monoisotopic (exact) mass is 402 g/mol. The molecule has 0 aromatic heterocycles. The summed E-state index contributed by atoms with van der Waals surface area (Å²) in [7, 11) is 0. The molecule has 0 bridgehead atoms. The maximum Gasteiger partial charge on any atom is 0.0577 e. The maximum absolute atomic E-state index is 10.2. The van der Waals surface area contributed by atoms with Gasteiger partial charge in [0.25, 0.3) is 0 Å².